The highest BCUT2D eigenvalue weighted by Gasteiger charge is 2.60. The van der Waals surface area contributed by atoms with E-state index in [-0.39, 0.29) is 11.8 Å². The molecule has 178 valence electrons. The van der Waals surface area contributed by atoms with Gasteiger partial charge in [-0.15, -0.1) is 0 Å². The Morgan fingerprint density at radius 3 is 1.89 bits per heavy atom. The fourth-order valence-electron chi connectivity index (χ4n) is 4.89. The van der Waals surface area contributed by atoms with Crippen molar-refractivity contribution in [3.63, 3.8) is 0 Å². The highest BCUT2D eigenvalue weighted by molar-refractivity contribution is 6.23. The molecule has 0 radical (unpaired) electrons. The number of hydrogen-bond donors (Lipinski definition) is 0. The summed E-state index contributed by atoms with van der Waals surface area (Å²) >= 11 is 0. The monoisotopic (exact) mass is 476 g/mol. The normalized spacial score (nSPS) is 21.1. The van der Waals surface area contributed by atoms with Gasteiger partial charge in [0.15, 0.2) is 6.10 Å². The molecule has 2 amide bonds. The van der Waals surface area contributed by atoms with Crippen LogP contribution in [0.4, 0.5) is 11.4 Å². The number of carbonyl (C=O) groups is 2. The molecule has 0 N–H and O–H groups in total. The molecule has 0 aromatic heterocycles. The van der Waals surface area contributed by atoms with Gasteiger partial charge in [0, 0.05) is 0 Å². The summed E-state index contributed by atoms with van der Waals surface area (Å²) in [7, 11) is 0. The van der Waals surface area contributed by atoms with Crippen LogP contribution < -0.4 is 14.7 Å². The molecule has 2 aliphatic heterocycles. The lowest BCUT2D eigenvalue weighted by Gasteiger charge is -2.28. The Hall–Kier alpha value is -4.42. The summed E-state index contributed by atoms with van der Waals surface area (Å²) in [5.74, 6) is -0.551. The van der Waals surface area contributed by atoms with E-state index in [0.717, 1.165) is 22.6 Å². The number of fused-ring (bicyclic) bond motifs is 1. The summed E-state index contributed by atoms with van der Waals surface area (Å²) in [5.41, 5.74) is 3.29. The SMILES string of the molecule is O=C1[C@@H]2[C@@H](ON(c3ccccc3)[C@H]2c2ccc(OCc3ccccc3)cc2)C(=O)N1c1ccccc1. The molecule has 0 bridgehead atoms. The fraction of sp³-hybridized carbons (Fsp3) is 0.133. The molecular weight excluding hydrogens is 452 g/mol. The molecule has 2 fully saturated rings. The van der Waals surface area contributed by atoms with Crippen molar-refractivity contribution in [2.75, 3.05) is 9.96 Å². The van der Waals surface area contributed by atoms with Crippen molar-refractivity contribution in [3.05, 3.63) is 126 Å². The van der Waals surface area contributed by atoms with Gasteiger partial charge in [-0.05, 0) is 47.5 Å². The lowest BCUT2D eigenvalue weighted by atomic mass is 9.90. The summed E-state index contributed by atoms with van der Waals surface area (Å²) in [4.78, 5) is 34.5. The Morgan fingerprint density at radius 2 is 1.25 bits per heavy atom. The molecule has 6 rings (SSSR count). The Morgan fingerprint density at radius 1 is 0.667 bits per heavy atom. The molecule has 36 heavy (non-hydrogen) atoms. The summed E-state index contributed by atoms with van der Waals surface area (Å²) < 4.78 is 5.95. The van der Waals surface area contributed by atoms with Crippen molar-refractivity contribution in [1.29, 1.82) is 0 Å². The molecule has 2 saturated heterocycles. The van der Waals surface area contributed by atoms with Crippen LogP contribution in [0.3, 0.4) is 0 Å². The molecule has 0 unspecified atom stereocenters. The van der Waals surface area contributed by atoms with Gasteiger partial charge in [0.25, 0.3) is 5.91 Å². The predicted molar refractivity (Wildman–Crippen MR) is 136 cm³/mol. The molecule has 0 spiro atoms. The smallest absolute Gasteiger partial charge is 0.266 e. The maximum absolute atomic E-state index is 13.7. The van der Waals surface area contributed by atoms with E-state index in [1.807, 2.05) is 103 Å². The highest BCUT2D eigenvalue weighted by atomic mass is 16.7. The number of para-hydroxylation sites is 2. The van der Waals surface area contributed by atoms with Crippen LogP contribution in [0.1, 0.15) is 17.2 Å². The first kappa shape index (κ1) is 22.1. The maximum Gasteiger partial charge on any atom is 0.266 e. The van der Waals surface area contributed by atoms with Crippen molar-refractivity contribution >= 4 is 23.2 Å². The first-order valence-electron chi connectivity index (χ1n) is 11.9. The molecule has 4 aromatic rings. The van der Waals surface area contributed by atoms with Gasteiger partial charge in [-0.3, -0.25) is 14.4 Å². The van der Waals surface area contributed by atoms with Crippen LogP contribution in [-0.2, 0) is 21.0 Å². The molecule has 3 atom stereocenters. The third-order valence-corrected chi connectivity index (χ3v) is 6.61. The van der Waals surface area contributed by atoms with Gasteiger partial charge in [-0.1, -0.05) is 78.9 Å². The third-order valence-electron chi connectivity index (χ3n) is 6.61. The Labute approximate surface area is 209 Å². The summed E-state index contributed by atoms with van der Waals surface area (Å²) in [6.07, 6.45) is -0.892. The zero-order valence-corrected chi connectivity index (χ0v) is 19.4. The van der Waals surface area contributed by atoms with E-state index in [0.29, 0.717) is 12.3 Å². The zero-order chi connectivity index (χ0) is 24.5. The average Bonchev–Trinajstić information content (AvgIpc) is 3.45. The van der Waals surface area contributed by atoms with Crippen LogP contribution in [0.2, 0.25) is 0 Å². The van der Waals surface area contributed by atoms with Gasteiger partial charge in [-0.25, -0.2) is 9.96 Å². The van der Waals surface area contributed by atoms with Gasteiger partial charge in [-0.2, -0.15) is 0 Å². The van der Waals surface area contributed by atoms with E-state index in [1.165, 1.54) is 4.90 Å². The lowest BCUT2D eigenvalue weighted by molar-refractivity contribution is -0.126. The fourth-order valence-corrected chi connectivity index (χ4v) is 4.89. The number of imide groups is 1. The predicted octanol–water partition coefficient (Wildman–Crippen LogP) is 5.32. The first-order chi connectivity index (χ1) is 17.7. The zero-order valence-electron chi connectivity index (χ0n) is 19.4. The van der Waals surface area contributed by atoms with Gasteiger partial charge < -0.3 is 4.74 Å². The summed E-state index contributed by atoms with van der Waals surface area (Å²) in [6, 6.07) is 35.7. The number of hydrogen-bond acceptors (Lipinski definition) is 5. The number of ether oxygens (including phenoxy) is 1. The van der Waals surface area contributed by atoms with Crippen molar-refractivity contribution < 1.29 is 19.2 Å². The Bertz CT molecular complexity index is 1360. The third kappa shape index (κ3) is 3.91. The largest absolute Gasteiger partial charge is 0.489 e. The van der Waals surface area contributed by atoms with Gasteiger partial charge in [0.1, 0.15) is 18.3 Å². The molecule has 2 aliphatic rings. The van der Waals surface area contributed by atoms with Crippen LogP contribution in [0.25, 0.3) is 0 Å². The molecular formula is C30H24N2O4. The second kappa shape index (κ2) is 9.32. The van der Waals surface area contributed by atoms with E-state index in [4.69, 9.17) is 9.57 Å². The number of anilines is 2. The minimum Gasteiger partial charge on any atom is -0.489 e. The highest BCUT2D eigenvalue weighted by Crippen LogP contribution is 2.47. The molecule has 4 aromatic carbocycles. The van der Waals surface area contributed by atoms with Crippen LogP contribution in [0.15, 0.2) is 115 Å². The van der Waals surface area contributed by atoms with Crippen LogP contribution in [0.5, 0.6) is 5.75 Å². The van der Waals surface area contributed by atoms with Crippen LogP contribution in [-0.4, -0.2) is 17.9 Å². The number of carbonyl (C=O) groups excluding carboxylic acids is 2. The summed E-state index contributed by atoms with van der Waals surface area (Å²) in [5, 5.41) is 1.70. The quantitative estimate of drug-likeness (QED) is 0.353. The second-order valence-corrected chi connectivity index (χ2v) is 8.85. The van der Waals surface area contributed by atoms with E-state index >= 15 is 0 Å². The van der Waals surface area contributed by atoms with Gasteiger partial charge >= 0.3 is 0 Å². The van der Waals surface area contributed by atoms with Crippen LogP contribution >= 0.6 is 0 Å². The minimum absolute atomic E-state index is 0.260. The van der Waals surface area contributed by atoms with Gasteiger partial charge in [0.05, 0.1) is 17.4 Å². The number of amides is 2. The van der Waals surface area contributed by atoms with Gasteiger partial charge in [0.2, 0.25) is 5.91 Å². The number of hydroxylamine groups is 1. The topological polar surface area (TPSA) is 59.1 Å². The van der Waals surface area contributed by atoms with Crippen molar-refractivity contribution in [1.82, 2.24) is 0 Å². The molecule has 0 saturated carbocycles. The molecule has 2 heterocycles. The van der Waals surface area contributed by atoms with E-state index < -0.39 is 18.1 Å². The molecule has 0 aliphatic carbocycles. The first-order valence-corrected chi connectivity index (χ1v) is 11.9. The van der Waals surface area contributed by atoms with E-state index in [1.54, 1.807) is 17.2 Å². The van der Waals surface area contributed by atoms with E-state index in [2.05, 4.69) is 0 Å². The molecule has 6 nitrogen and oxygen atoms in total. The number of nitrogens with zero attached hydrogens (tertiary/aromatic N) is 2. The van der Waals surface area contributed by atoms with E-state index in [9.17, 15) is 9.59 Å². The Kier molecular flexibility index (Phi) is 5.71. The minimum atomic E-state index is -0.892. The maximum atomic E-state index is 13.7. The summed E-state index contributed by atoms with van der Waals surface area (Å²) in [6.45, 7) is 0.465. The second-order valence-electron chi connectivity index (χ2n) is 8.85. The average molecular weight is 477 g/mol. The van der Waals surface area contributed by atoms with Crippen molar-refractivity contribution in [2.24, 2.45) is 5.92 Å². The molecule has 6 heteroatoms. The lowest BCUT2D eigenvalue weighted by Crippen LogP contribution is -2.37. The van der Waals surface area contributed by atoms with Crippen LogP contribution in [0, 0.1) is 5.92 Å². The standard InChI is InChI=1S/C30H24N2O4/c33-29-26-27(22-16-18-25(19-17-22)35-20-21-10-4-1-5-11-21)32(24-14-8-3-9-15-24)36-28(26)30(34)31(29)23-12-6-2-7-13-23/h1-19,26-28H,20H2/t26-,27-,28+/m0/s1. The number of benzene rings is 4. The van der Waals surface area contributed by atoms with Crippen molar-refractivity contribution in [2.45, 2.75) is 18.8 Å². The number of rotatable bonds is 6. The Balaban J connectivity index is 1.31. The van der Waals surface area contributed by atoms with Crippen molar-refractivity contribution in [3.8, 4) is 5.75 Å².